The van der Waals surface area contributed by atoms with E-state index in [9.17, 15) is 9.50 Å². The summed E-state index contributed by atoms with van der Waals surface area (Å²) in [5, 5.41) is 10.2. The molecule has 0 spiro atoms. The molecule has 2 aromatic carbocycles. The van der Waals surface area contributed by atoms with Gasteiger partial charge in [0.05, 0.1) is 11.6 Å². The topological polar surface area (TPSA) is 41.9 Å². The Balaban J connectivity index is 1.60. The minimum absolute atomic E-state index is 0.0818. The lowest BCUT2D eigenvalue weighted by atomic mass is 9.80. The number of hydrogen-bond acceptors (Lipinski definition) is 4. The van der Waals surface area contributed by atoms with Crippen LogP contribution < -0.4 is 4.74 Å². The van der Waals surface area contributed by atoms with E-state index in [4.69, 9.17) is 21.1 Å². The molecule has 3 rings (SSSR count). The maximum Gasteiger partial charge on any atom is 0.131 e. The zero-order chi connectivity index (χ0) is 20.0. The zero-order valence-electron chi connectivity index (χ0n) is 16.2. The van der Waals surface area contributed by atoms with E-state index in [0.29, 0.717) is 29.5 Å². The van der Waals surface area contributed by atoms with Crippen molar-refractivity contribution in [1.82, 2.24) is 4.90 Å². The summed E-state index contributed by atoms with van der Waals surface area (Å²) in [6.07, 6.45) is 1.75. The third kappa shape index (κ3) is 5.45. The highest BCUT2D eigenvalue weighted by Crippen LogP contribution is 2.31. The molecule has 0 unspecified atom stereocenters. The Hall–Kier alpha value is -1.66. The third-order valence-corrected chi connectivity index (χ3v) is 5.64. The summed E-state index contributed by atoms with van der Waals surface area (Å²) in [5.74, 6) is 0.308. The van der Waals surface area contributed by atoms with Crippen molar-refractivity contribution < 1.29 is 19.0 Å². The van der Waals surface area contributed by atoms with Gasteiger partial charge in [0.15, 0.2) is 0 Å². The smallest absolute Gasteiger partial charge is 0.131 e. The number of nitrogens with zero attached hydrogens (tertiary/aromatic N) is 1. The van der Waals surface area contributed by atoms with Crippen LogP contribution in [0.2, 0.25) is 5.02 Å². The Morgan fingerprint density at radius 3 is 2.68 bits per heavy atom. The molecule has 2 aromatic rings. The molecule has 1 fully saturated rings. The van der Waals surface area contributed by atoms with Crippen LogP contribution in [0.3, 0.4) is 0 Å². The Kier molecular flexibility index (Phi) is 7.30. The second-order valence-electron chi connectivity index (χ2n) is 7.58. The number of hydrogen-bond donors (Lipinski definition) is 1. The van der Waals surface area contributed by atoms with Gasteiger partial charge in [-0.2, -0.15) is 0 Å². The molecule has 1 saturated heterocycles. The minimum Gasteiger partial charge on any atom is -0.489 e. The van der Waals surface area contributed by atoms with Crippen molar-refractivity contribution >= 4 is 11.6 Å². The molecule has 152 valence electrons. The quantitative estimate of drug-likeness (QED) is 0.709. The molecule has 1 aliphatic rings. The van der Waals surface area contributed by atoms with Gasteiger partial charge in [0.25, 0.3) is 0 Å². The van der Waals surface area contributed by atoms with Crippen molar-refractivity contribution in [2.45, 2.75) is 26.0 Å². The van der Waals surface area contributed by atoms with Crippen LogP contribution in [0, 0.1) is 11.2 Å². The molecule has 0 saturated carbocycles. The maximum absolute atomic E-state index is 13.9. The normalized spacial score (nSPS) is 16.3. The van der Waals surface area contributed by atoms with Crippen molar-refractivity contribution in [3.8, 4) is 5.75 Å². The first-order valence-electron chi connectivity index (χ1n) is 9.53. The minimum atomic E-state index is -0.367. The molecule has 0 atom stereocenters. The standard InChI is InChI=1S/C22H27ClFNO3/c1-25(15-22(16-26)8-10-27-11-9-22)13-17-4-2-5-18(12-17)28-14-19-20(23)6-3-7-21(19)24/h2-7,12,26H,8-11,13-16H2,1H3. The van der Waals surface area contributed by atoms with Crippen LogP contribution in [0.1, 0.15) is 24.0 Å². The molecule has 6 heteroatoms. The van der Waals surface area contributed by atoms with Crippen molar-refractivity contribution in [3.05, 3.63) is 64.4 Å². The second kappa shape index (κ2) is 9.70. The molecule has 4 nitrogen and oxygen atoms in total. The molecule has 1 heterocycles. The van der Waals surface area contributed by atoms with Crippen LogP contribution in [-0.4, -0.2) is 43.4 Å². The molecule has 0 aromatic heterocycles. The van der Waals surface area contributed by atoms with Crippen LogP contribution in [-0.2, 0) is 17.9 Å². The third-order valence-electron chi connectivity index (χ3n) is 5.29. The van der Waals surface area contributed by atoms with E-state index >= 15 is 0 Å². The van der Waals surface area contributed by atoms with E-state index < -0.39 is 0 Å². The zero-order valence-corrected chi connectivity index (χ0v) is 16.9. The summed E-state index contributed by atoms with van der Waals surface area (Å²) in [4.78, 5) is 2.22. The second-order valence-corrected chi connectivity index (χ2v) is 7.99. The summed E-state index contributed by atoms with van der Waals surface area (Å²) < 4.78 is 25.1. The summed E-state index contributed by atoms with van der Waals surface area (Å²) in [5.41, 5.74) is 1.36. The van der Waals surface area contributed by atoms with Gasteiger partial charge in [-0.1, -0.05) is 29.8 Å². The van der Waals surface area contributed by atoms with Crippen LogP contribution in [0.5, 0.6) is 5.75 Å². The number of rotatable bonds is 8. The maximum atomic E-state index is 13.9. The van der Waals surface area contributed by atoms with Crippen molar-refractivity contribution in [1.29, 1.82) is 0 Å². The Morgan fingerprint density at radius 2 is 1.96 bits per heavy atom. The van der Waals surface area contributed by atoms with Gasteiger partial charge in [-0.15, -0.1) is 0 Å². The van der Waals surface area contributed by atoms with Gasteiger partial charge >= 0.3 is 0 Å². The number of benzene rings is 2. The lowest BCUT2D eigenvalue weighted by molar-refractivity contribution is -0.0318. The van der Waals surface area contributed by atoms with Gasteiger partial charge in [0.1, 0.15) is 18.2 Å². The van der Waals surface area contributed by atoms with Crippen molar-refractivity contribution in [3.63, 3.8) is 0 Å². The predicted octanol–water partition coefficient (Wildman–Crippen LogP) is 4.28. The monoisotopic (exact) mass is 407 g/mol. The van der Waals surface area contributed by atoms with Gasteiger partial charge in [-0.3, -0.25) is 0 Å². The van der Waals surface area contributed by atoms with Crippen molar-refractivity contribution in [2.24, 2.45) is 5.41 Å². The molecule has 1 N–H and O–H groups in total. The first-order chi connectivity index (χ1) is 13.5. The fraction of sp³-hybridized carbons (Fsp3) is 0.455. The van der Waals surface area contributed by atoms with Gasteiger partial charge in [-0.25, -0.2) is 4.39 Å². The van der Waals surface area contributed by atoms with Crippen molar-refractivity contribution in [2.75, 3.05) is 33.4 Å². The fourth-order valence-corrected chi connectivity index (χ4v) is 3.89. The van der Waals surface area contributed by atoms with E-state index in [1.807, 2.05) is 24.3 Å². The van der Waals surface area contributed by atoms with E-state index in [2.05, 4.69) is 11.9 Å². The van der Waals surface area contributed by atoms with Crippen LogP contribution in [0.15, 0.2) is 42.5 Å². The van der Waals surface area contributed by atoms with Crippen LogP contribution in [0.4, 0.5) is 4.39 Å². The van der Waals surface area contributed by atoms with E-state index in [1.165, 1.54) is 6.07 Å². The highest BCUT2D eigenvalue weighted by Gasteiger charge is 2.33. The van der Waals surface area contributed by atoms with Gasteiger partial charge in [0.2, 0.25) is 0 Å². The first-order valence-corrected chi connectivity index (χ1v) is 9.91. The highest BCUT2D eigenvalue weighted by atomic mass is 35.5. The Labute approximate surface area is 170 Å². The average Bonchev–Trinajstić information content (AvgIpc) is 2.68. The highest BCUT2D eigenvalue weighted by molar-refractivity contribution is 6.31. The molecular weight excluding hydrogens is 381 g/mol. The molecule has 28 heavy (non-hydrogen) atoms. The molecule has 0 amide bonds. The summed E-state index contributed by atoms with van der Waals surface area (Å²) in [6, 6.07) is 12.4. The lowest BCUT2D eigenvalue weighted by Crippen LogP contribution is -2.42. The fourth-order valence-electron chi connectivity index (χ4n) is 3.67. The summed E-state index contributed by atoms with van der Waals surface area (Å²) in [7, 11) is 2.06. The van der Waals surface area contributed by atoms with E-state index in [1.54, 1.807) is 12.1 Å². The first kappa shape index (κ1) is 21.1. The van der Waals surface area contributed by atoms with E-state index in [-0.39, 0.29) is 24.4 Å². The Bertz CT molecular complexity index is 760. The molecule has 0 radical (unpaired) electrons. The Morgan fingerprint density at radius 1 is 1.21 bits per heavy atom. The summed E-state index contributed by atoms with van der Waals surface area (Å²) in [6.45, 7) is 3.21. The van der Waals surface area contributed by atoms with Gasteiger partial charge in [0, 0.05) is 37.3 Å². The molecule has 0 bridgehead atoms. The summed E-state index contributed by atoms with van der Waals surface area (Å²) >= 11 is 6.06. The average molecular weight is 408 g/mol. The predicted molar refractivity (Wildman–Crippen MR) is 108 cm³/mol. The number of aliphatic hydroxyl groups excluding tert-OH is 1. The van der Waals surface area contributed by atoms with Gasteiger partial charge in [-0.05, 0) is 49.7 Å². The number of halogens is 2. The number of ether oxygens (including phenoxy) is 2. The largest absolute Gasteiger partial charge is 0.489 e. The lowest BCUT2D eigenvalue weighted by Gasteiger charge is -2.38. The molecule has 1 aliphatic heterocycles. The molecular formula is C22H27ClFNO3. The van der Waals surface area contributed by atoms with Gasteiger partial charge < -0.3 is 19.5 Å². The van der Waals surface area contributed by atoms with E-state index in [0.717, 1.165) is 31.5 Å². The SMILES string of the molecule is CN(Cc1cccc(OCc2c(F)cccc2Cl)c1)CC1(CO)CCOCC1. The molecule has 0 aliphatic carbocycles. The number of aliphatic hydroxyl groups is 1. The van der Waals surface area contributed by atoms with Crippen LogP contribution >= 0.6 is 11.6 Å². The van der Waals surface area contributed by atoms with Crippen LogP contribution in [0.25, 0.3) is 0 Å².